The number of alkyl halides is 2. The first kappa shape index (κ1) is 8.40. The lowest BCUT2D eigenvalue weighted by molar-refractivity contribution is -0.0561. The first-order valence-electron chi connectivity index (χ1n) is 2.45. The van der Waals surface area contributed by atoms with Gasteiger partial charge in [0, 0.05) is 10.7 Å². The molecule has 0 aromatic rings. The van der Waals surface area contributed by atoms with E-state index in [1.54, 1.807) is 6.08 Å². The standard InChI is InChI=1S/C5H4BrCl2NO/c6-4-1-2-5(7,8)9(10)3-4/h1-3,10H. The Balaban J connectivity index is 2.84. The van der Waals surface area contributed by atoms with Crippen molar-refractivity contribution in [2.45, 2.75) is 4.46 Å². The van der Waals surface area contributed by atoms with Gasteiger partial charge >= 0.3 is 0 Å². The van der Waals surface area contributed by atoms with Crippen LogP contribution in [-0.4, -0.2) is 14.7 Å². The first-order valence-corrected chi connectivity index (χ1v) is 4.00. The molecule has 0 aromatic carbocycles. The zero-order chi connectivity index (χ0) is 7.78. The SMILES string of the molecule is ON1C=C(Br)C=CC1(Cl)Cl. The lowest BCUT2D eigenvalue weighted by atomic mass is 10.4. The van der Waals surface area contributed by atoms with Crippen LogP contribution < -0.4 is 0 Å². The van der Waals surface area contributed by atoms with Gasteiger partial charge in [0.1, 0.15) is 0 Å². The molecule has 0 radical (unpaired) electrons. The summed E-state index contributed by atoms with van der Waals surface area (Å²) in [6.07, 6.45) is 4.49. The minimum atomic E-state index is -1.34. The Labute approximate surface area is 76.8 Å². The lowest BCUT2D eigenvalue weighted by Gasteiger charge is -2.26. The van der Waals surface area contributed by atoms with Gasteiger partial charge in [-0.2, -0.15) is 0 Å². The molecular weight excluding hydrogens is 241 g/mol. The van der Waals surface area contributed by atoms with Gasteiger partial charge in [-0.3, -0.25) is 5.21 Å². The zero-order valence-electron chi connectivity index (χ0n) is 4.76. The summed E-state index contributed by atoms with van der Waals surface area (Å²) in [5.41, 5.74) is 0. The van der Waals surface area contributed by atoms with Gasteiger partial charge in [-0.15, -0.1) is 0 Å². The van der Waals surface area contributed by atoms with Crippen molar-refractivity contribution >= 4 is 39.1 Å². The Morgan fingerprint density at radius 3 is 2.60 bits per heavy atom. The molecule has 1 rings (SSSR count). The summed E-state index contributed by atoms with van der Waals surface area (Å²) < 4.78 is -0.621. The summed E-state index contributed by atoms with van der Waals surface area (Å²) in [7, 11) is 0. The number of hydrogen-bond acceptors (Lipinski definition) is 2. The fraction of sp³-hybridized carbons (Fsp3) is 0.200. The molecule has 0 atom stereocenters. The molecule has 56 valence electrons. The molecule has 0 saturated heterocycles. The van der Waals surface area contributed by atoms with Crippen LogP contribution in [0.4, 0.5) is 0 Å². The molecule has 1 aliphatic heterocycles. The Kier molecular flexibility index (Phi) is 2.30. The van der Waals surface area contributed by atoms with Crippen molar-refractivity contribution in [1.82, 2.24) is 5.06 Å². The van der Waals surface area contributed by atoms with Crippen LogP contribution in [0.3, 0.4) is 0 Å². The van der Waals surface area contributed by atoms with Crippen LogP contribution in [0.2, 0.25) is 0 Å². The summed E-state index contributed by atoms with van der Waals surface area (Å²) in [4.78, 5) is 0. The number of nitrogens with zero attached hydrogens (tertiary/aromatic N) is 1. The van der Waals surface area contributed by atoms with Crippen molar-refractivity contribution in [3.05, 3.63) is 22.8 Å². The Hall–Kier alpha value is 0.300. The second-order valence-electron chi connectivity index (χ2n) is 1.78. The van der Waals surface area contributed by atoms with E-state index in [1.165, 1.54) is 12.3 Å². The number of hydroxylamine groups is 2. The molecule has 1 N–H and O–H groups in total. The van der Waals surface area contributed by atoms with E-state index < -0.39 is 4.46 Å². The van der Waals surface area contributed by atoms with E-state index in [9.17, 15) is 0 Å². The van der Waals surface area contributed by atoms with Crippen molar-refractivity contribution in [3.63, 3.8) is 0 Å². The van der Waals surface area contributed by atoms with Gasteiger partial charge in [0.05, 0.1) is 0 Å². The molecule has 1 aliphatic rings. The van der Waals surface area contributed by atoms with Crippen LogP contribution in [0.5, 0.6) is 0 Å². The van der Waals surface area contributed by atoms with E-state index in [-0.39, 0.29) is 0 Å². The van der Waals surface area contributed by atoms with Crippen LogP contribution in [0.15, 0.2) is 22.8 Å². The third kappa shape index (κ3) is 1.66. The van der Waals surface area contributed by atoms with E-state index in [2.05, 4.69) is 15.9 Å². The predicted molar refractivity (Wildman–Crippen MR) is 44.2 cm³/mol. The maximum atomic E-state index is 9.02. The maximum absolute atomic E-state index is 9.02. The third-order valence-electron chi connectivity index (χ3n) is 0.994. The molecule has 1 heterocycles. The number of halogens is 3. The lowest BCUT2D eigenvalue weighted by Crippen LogP contribution is -2.32. The van der Waals surface area contributed by atoms with E-state index in [4.69, 9.17) is 28.4 Å². The minimum absolute atomic E-state index is 0.709. The van der Waals surface area contributed by atoms with Crippen LogP contribution in [0, 0.1) is 0 Å². The smallest absolute Gasteiger partial charge is 0.231 e. The van der Waals surface area contributed by atoms with Gasteiger partial charge in [-0.05, 0) is 28.1 Å². The summed E-state index contributed by atoms with van der Waals surface area (Å²) in [6, 6.07) is 0. The van der Waals surface area contributed by atoms with E-state index in [1.807, 2.05) is 0 Å². The predicted octanol–water partition coefficient (Wildman–Crippen LogP) is 2.62. The van der Waals surface area contributed by atoms with Crippen molar-refractivity contribution in [1.29, 1.82) is 0 Å². The van der Waals surface area contributed by atoms with Gasteiger partial charge in [-0.1, -0.05) is 23.2 Å². The summed E-state index contributed by atoms with van der Waals surface area (Å²) in [6.45, 7) is 0. The molecule has 0 spiro atoms. The highest BCUT2D eigenvalue weighted by molar-refractivity contribution is 9.11. The van der Waals surface area contributed by atoms with Crippen LogP contribution in [0.1, 0.15) is 0 Å². The van der Waals surface area contributed by atoms with Crippen molar-refractivity contribution in [3.8, 4) is 0 Å². The fourth-order valence-corrected chi connectivity index (χ4v) is 1.05. The number of allylic oxidation sites excluding steroid dienone is 2. The minimum Gasteiger partial charge on any atom is -0.286 e. The van der Waals surface area contributed by atoms with Crippen LogP contribution in [0.25, 0.3) is 0 Å². The van der Waals surface area contributed by atoms with Crippen LogP contribution >= 0.6 is 39.1 Å². The van der Waals surface area contributed by atoms with Crippen molar-refractivity contribution in [2.24, 2.45) is 0 Å². The topological polar surface area (TPSA) is 23.5 Å². The van der Waals surface area contributed by atoms with Gasteiger partial charge in [-0.25, -0.2) is 5.06 Å². The highest BCUT2D eigenvalue weighted by Crippen LogP contribution is 2.31. The molecule has 2 nitrogen and oxygen atoms in total. The molecule has 0 aliphatic carbocycles. The molecule has 0 saturated carbocycles. The average Bonchev–Trinajstić information content (AvgIpc) is 1.81. The summed E-state index contributed by atoms with van der Waals surface area (Å²) in [5, 5.41) is 9.73. The van der Waals surface area contributed by atoms with Crippen molar-refractivity contribution < 1.29 is 5.21 Å². The van der Waals surface area contributed by atoms with Crippen LogP contribution in [-0.2, 0) is 0 Å². The van der Waals surface area contributed by atoms with Crippen molar-refractivity contribution in [2.75, 3.05) is 0 Å². The Morgan fingerprint density at radius 2 is 2.20 bits per heavy atom. The highest BCUT2D eigenvalue weighted by atomic mass is 79.9. The van der Waals surface area contributed by atoms with E-state index in [0.717, 1.165) is 0 Å². The molecule has 5 heteroatoms. The fourth-order valence-electron chi connectivity index (χ4n) is 0.502. The normalized spacial score (nSPS) is 22.8. The monoisotopic (exact) mass is 243 g/mol. The van der Waals surface area contributed by atoms with Gasteiger partial charge in [0.2, 0.25) is 4.46 Å². The molecule has 0 amide bonds. The Morgan fingerprint density at radius 1 is 1.60 bits per heavy atom. The quantitative estimate of drug-likeness (QED) is 0.523. The number of hydrogen-bond donors (Lipinski definition) is 1. The number of rotatable bonds is 0. The zero-order valence-corrected chi connectivity index (χ0v) is 7.86. The molecule has 0 fully saturated rings. The summed E-state index contributed by atoms with van der Waals surface area (Å²) >= 11 is 14.3. The van der Waals surface area contributed by atoms with Gasteiger partial charge in [0.15, 0.2) is 0 Å². The average molecular weight is 245 g/mol. The second-order valence-corrected chi connectivity index (χ2v) is 4.04. The largest absolute Gasteiger partial charge is 0.286 e. The Bertz CT molecular complexity index is 202. The second kappa shape index (κ2) is 2.74. The molecule has 0 bridgehead atoms. The summed E-state index contributed by atoms with van der Waals surface area (Å²) in [5.74, 6) is 0. The first-order chi connectivity index (χ1) is 4.52. The molecule has 0 unspecified atom stereocenters. The molecular formula is C5H4BrCl2NO. The van der Waals surface area contributed by atoms with E-state index in [0.29, 0.717) is 9.55 Å². The third-order valence-corrected chi connectivity index (χ3v) is 2.06. The molecule has 10 heavy (non-hydrogen) atoms. The molecule has 0 aromatic heterocycles. The van der Waals surface area contributed by atoms with Gasteiger partial charge in [0.25, 0.3) is 0 Å². The maximum Gasteiger partial charge on any atom is 0.231 e. The van der Waals surface area contributed by atoms with E-state index >= 15 is 0 Å². The van der Waals surface area contributed by atoms with Gasteiger partial charge < -0.3 is 0 Å². The highest BCUT2D eigenvalue weighted by Gasteiger charge is 2.28.